The van der Waals surface area contributed by atoms with Gasteiger partial charge in [0.05, 0.1) is 27.9 Å². The molecule has 0 spiro atoms. The van der Waals surface area contributed by atoms with Gasteiger partial charge in [-0.3, -0.25) is 0 Å². The minimum absolute atomic E-state index is 0.518. The van der Waals surface area contributed by atoms with E-state index in [2.05, 4.69) is 29.5 Å². The van der Waals surface area contributed by atoms with Crippen molar-refractivity contribution < 1.29 is 14.2 Å². The molecular formula is C17H29N3O3. The molecule has 0 atom stereocenters. The fourth-order valence-electron chi connectivity index (χ4n) is 2.04. The van der Waals surface area contributed by atoms with Gasteiger partial charge in [0.25, 0.3) is 0 Å². The maximum Gasteiger partial charge on any atom is 0.203 e. The first-order valence-electron chi connectivity index (χ1n) is 7.86. The summed E-state index contributed by atoms with van der Waals surface area (Å²) in [7, 11) is 4.81. The molecule has 0 bridgehead atoms. The number of aliphatic imine (C=N–C) groups is 1. The Morgan fingerprint density at radius 3 is 2.09 bits per heavy atom. The molecule has 0 aliphatic rings. The third-order valence-corrected chi connectivity index (χ3v) is 3.17. The van der Waals surface area contributed by atoms with Gasteiger partial charge in [0.1, 0.15) is 0 Å². The molecule has 2 N–H and O–H groups in total. The van der Waals surface area contributed by atoms with Gasteiger partial charge in [-0.05, 0) is 30.5 Å². The van der Waals surface area contributed by atoms with Crippen molar-refractivity contribution in [3.63, 3.8) is 0 Å². The fourth-order valence-corrected chi connectivity index (χ4v) is 2.04. The molecule has 0 aromatic heterocycles. The zero-order valence-electron chi connectivity index (χ0n) is 15.0. The zero-order valence-corrected chi connectivity index (χ0v) is 15.0. The Hall–Kier alpha value is -2.11. The highest BCUT2D eigenvalue weighted by Gasteiger charge is 2.13. The van der Waals surface area contributed by atoms with Gasteiger partial charge in [-0.2, -0.15) is 0 Å². The lowest BCUT2D eigenvalue weighted by Gasteiger charge is -2.15. The van der Waals surface area contributed by atoms with Crippen molar-refractivity contribution in [3.05, 3.63) is 17.7 Å². The normalized spacial score (nSPS) is 11.3. The lowest BCUT2D eigenvalue weighted by atomic mass is 10.2. The second-order valence-electron chi connectivity index (χ2n) is 5.50. The lowest BCUT2D eigenvalue weighted by Crippen LogP contribution is -2.39. The molecule has 23 heavy (non-hydrogen) atoms. The molecule has 1 aromatic rings. The van der Waals surface area contributed by atoms with Crippen molar-refractivity contribution >= 4 is 5.96 Å². The van der Waals surface area contributed by atoms with Crippen molar-refractivity contribution in [1.29, 1.82) is 0 Å². The predicted molar refractivity (Wildman–Crippen MR) is 93.8 cm³/mol. The van der Waals surface area contributed by atoms with Crippen molar-refractivity contribution in [1.82, 2.24) is 10.6 Å². The molecule has 1 aromatic carbocycles. The maximum atomic E-state index is 5.37. The SMILES string of the molecule is CCNC(=NCc1cc(OC)c(OC)c(OC)c1)NCC(C)C. The Kier molecular flexibility index (Phi) is 8.08. The average molecular weight is 323 g/mol. The van der Waals surface area contributed by atoms with E-state index in [0.717, 1.165) is 24.6 Å². The van der Waals surface area contributed by atoms with Crippen LogP contribution in [0.5, 0.6) is 17.2 Å². The number of rotatable bonds is 8. The van der Waals surface area contributed by atoms with Crippen LogP contribution in [0.3, 0.4) is 0 Å². The van der Waals surface area contributed by atoms with Crippen LogP contribution in [0.4, 0.5) is 0 Å². The van der Waals surface area contributed by atoms with Crippen LogP contribution < -0.4 is 24.8 Å². The monoisotopic (exact) mass is 323 g/mol. The summed E-state index contributed by atoms with van der Waals surface area (Å²) in [6.07, 6.45) is 0. The minimum atomic E-state index is 0.518. The molecule has 0 unspecified atom stereocenters. The van der Waals surface area contributed by atoms with E-state index in [0.29, 0.717) is 29.7 Å². The zero-order chi connectivity index (χ0) is 17.2. The fraction of sp³-hybridized carbons (Fsp3) is 0.588. The van der Waals surface area contributed by atoms with E-state index in [4.69, 9.17) is 14.2 Å². The quantitative estimate of drug-likeness (QED) is 0.568. The van der Waals surface area contributed by atoms with Gasteiger partial charge in [0.2, 0.25) is 5.75 Å². The predicted octanol–water partition coefficient (Wildman–Crippen LogP) is 2.42. The van der Waals surface area contributed by atoms with E-state index in [9.17, 15) is 0 Å². The highest BCUT2D eigenvalue weighted by Crippen LogP contribution is 2.38. The van der Waals surface area contributed by atoms with Crippen LogP contribution >= 0.6 is 0 Å². The standard InChI is InChI=1S/C17H29N3O3/c1-7-18-17(19-10-12(2)3)20-11-13-8-14(21-4)16(23-6)15(9-13)22-5/h8-9,12H,7,10-11H2,1-6H3,(H2,18,19,20). The summed E-state index contributed by atoms with van der Waals surface area (Å²) in [4.78, 5) is 4.60. The molecule has 0 fully saturated rings. The Balaban J connectivity index is 2.94. The molecule has 0 radical (unpaired) electrons. The molecule has 0 saturated carbocycles. The van der Waals surface area contributed by atoms with Crippen molar-refractivity contribution in [2.24, 2.45) is 10.9 Å². The summed E-state index contributed by atoms with van der Waals surface area (Å²) < 4.78 is 16.1. The Morgan fingerprint density at radius 1 is 1.04 bits per heavy atom. The molecule has 0 saturated heterocycles. The van der Waals surface area contributed by atoms with Gasteiger partial charge < -0.3 is 24.8 Å². The second kappa shape index (κ2) is 9.82. The lowest BCUT2D eigenvalue weighted by molar-refractivity contribution is 0.324. The number of hydrogen-bond acceptors (Lipinski definition) is 4. The van der Waals surface area contributed by atoms with Gasteiger partial charge in [0.15, 0.2) is 17.5 Å². The molecule has 0 heterocycles. The van der Waals surface area contributed by atoms with Crippen LogP contribution in [-0.4, -0.2) is 40.4 Å². The van der Waals surface area contributed by atoms with Crippen LogP contribution in [0.2, 0.25) is 0 Å². The van der Waals surface area contributed by atoms with Gasteiger partial charge in [-0.1, -0.05) is 13.8 Å². The van der Waals surface area contributed by atoms with Crippen LogP contribution in [0.1, 0.15) is 26.3 Å². The van der Waals surface area contributed by atoms with Gasteiger partial charge in [0, 0.05) is 13.1 Å². The number of ether oxygens (including phenoxy) is 3. The molecule has 1 rings (SSSR count). The molecule has 0 aliphatic carbocycles. The number of methoxy groups -OCH3 is 3. The highest BCUT2D eigenvalue weighted by atomic mass is 16.5. The molecule has 6 heteroatoms. The summed E-state index contributed by atoms with van der Waals surface area (Å²) in [5, 5.41) is 6.56. The molecule has 0 aliphatic heterocycles. The average Bonchev–Trinajstić information content (AvgIpc) is 2.55. The molecule has 130 valence electrons. The summed E-state index contributed by atoms with van der Waals surface area (Å²) in [5.74, 6) is 3.22. The third kappa shape index (κ3) is 5.88. The first-order valence-corrected chi connectivity index (χ1v) is 7.86. The summed E-state index contributed by atoms with van der Waals surface area (Å²) in [5.41, 5.74) is 0.987. The first kappa shape index (κ1) is 18.9. The second-order valence-corrected chi connectivity index (χ2v) is 5.50. The van der Waals surface area contributed by atoms with Gasteiger partial charge >= 0.3 is 0 Å². The van der Waals surface area contributed by atoms with Gasteiger partial charge in [-0.15, -0.1) is 0 Å². The smallest absolute Gasteiger partial charge is 0.203 e. The van der Waals surface area contributed by atoms with Crippen molar-refractivity contribution in [3.8, 4) is 17.2 Å². The Labute approximate surface area is 139 Å². The van der Waals surface area contributed by atoms with Crippen LogP contribution in [0.15, 0.2) is 17.1 Å². The number of nitrogens with zero attached hydrogens (tertiary/aromatic N) is 1. The largest absolute Gasteiger partial charge is 0.493 e. The van der Waals surface area contributed by atoms with Gasteiger partial charge in [-0.25, -0.2) is 4.99 Å². The maximum absolute atomic E-state index is 5.37. The highest BCUT2D eigenvalue weighted by molar-refractivity contribution is 5.79. The van der Waals surface area contributed by atoms with E-state index in [1.165, 1.54) is 0 Å². The van der Waals surface area contributed by atoms with E-state index >= 15 is 0 Å². The number of nitrogens with one attached hydrogen (secondary N) is 2. The van der Waals surface area contributed by atoms with E-state index in [-0.39, 0.29) is 0 Å². The number of benzene rings is 1. The van der Waals surface area contributed by atoms with Crippen LogP contribution in [-0.2, 0) is 6.54 Å². The van der Waals surface area contributed by atoms with E-state index in [1.54, 1.807) is 21.3 Å². The summed E-state index contributed by atoms with van der Waals surface area (Å²) in [6, 6.07) is 3.83. The third-order valence-electron chi connectivity index (χ3n) is 3.17. The van der Waals surface area contributed by atoms with E-state index < -0.39 is 0 Å². The van der Waals surface area contributed by atoms with Crippen molar-refractivity contribution in [2.45, 2.75) is 27.3 Å². The molecular weight excluding hydrogens is 294 g/mol. The van der Waals surface area contributed by atoms with Crippen LogP contribution in [0.25, 0.3) is 0 Å². The Morgan fingerprint density at radius 2 is 1.65 bits per heavy atom. The molecule has 0 amide bonds. The topological polar surface area (TPSA) is 64.1 Å². The molecule has 6 nitrogen and oxygen atoms in total. The summed E-state index contributed by atoms with van der Waals surface area (Å²) in [6.45, 7) is 8.59. The number of hydrogen-bond donors (Lipinski definition) is 2. The van der Waals surface area contributed by atoms with Crippen molar-refractivity contribution in [2.75, 3.05) is 34.4 Å². The first-order chi connectivity index (χ1) is 11.0. The van der Waals surface area contributed by atoms with Crippen LogP contribution in [0, 0.1) is 5.92 Å². The minimum Gasteiger partial charge on any atom is -0.493 e. The number of guanidine groups is 1. The van der Waals surface area contributed by atoms with E-state index in [1.807, 2.05) is 19.1 Å². The Bertz CT molecular complexity index is 491. The summed E-state index contributed by atoms with van der Waals surface area (Å²) >= 11 is 0.